The highest BCUT2D eigenvalue weighted by molar-refractivity contribution is 5.64. The van der Waals surface area contributed by atoms with Crippen molar-refractivity contribution >= 4 is 17.1 Å². The lowest BCUT2D eigenvalue weighted by atomic mass is 10.2. The standard InChI is InChI=1S/C8H19NO.C6H3N3O7/c1-4-8(5-2)9-6-7(3)10;10-6-4(8(13)14)1-3(7(11)12)2-5(6)9(15)16/h7-10H,4-6H2,1-3H3;1-2,10H. The summed E-state index contributed by atoms with van der Waals surface area (Å²) in [5.41, 5.74) is -3.00. The smallest absolute Gasteiger partial charge is 0.324 e. The van der Waals surface area contributed by atoms with Gasteiger partial charge in [0.15, 0.2) is 0 Å². The Hall–Kier alpha value is -2.86. The highest BCUT2D eigenvalue weighted by atomic mass is 16.6. The first-order chi connectivity index (χ1) is 12.0. The van der Waals surface area contributed by atoms with Gasteiger partial charge in [0.25, 0.3) is 11.4 Å². The van der Waals surface area contributed by atoms with Crippen molar-refractivity contribution < 1.29 is 25.0 Å². The van der Waals surface area contributed by atoms with E-state index in [4.69, 9.17) is 10.2 Å². The maximum Gasteiger partial charge on any atom is 0.324 e. The average molecular weight is 374 g/mol. The van der Waals surface area contributed by atoms with Crippen LogP contribution < -0.4 is 5.32 Å². The Balaban J connectivity index is 0.000000541. The van der Waals surface area contributed by atoms with Crippen LogP contribution in [0.15, 0.2) is 12.1 Å². The Bertz CT molecular complexity index is 611. The molecule has 3 N–H and O–H groups in total. The maximum atomic E-state index is 10.4. The second-order valence-electron chi connectivity index (χ2n) is 5.37. The zero-order chi connectivity index (χ0) is 20.4. The van der Waals surface area contributed by atoms with Gasteiger partial charge in [0.1, 0.15) is 0 Å². The van der Waals surface area contributed by atoms with Crippen molar-refractivity contribution in [2.45, 2.75) is 45.8 Å². The average Bonchev–Trinajstić information content (AvgIpc) is 2.55. The van der Waals surface area contributed by atoms with Gasteiger partial charge in [0.05, 0.1) is 33.0 Å². The van der Waals surface area contributed by atoms with Gasteiger partial charge in [-0.05, 0) is 19.8 Å². The molecule has 0 aliphatic carbocycles. The number of non-ortho nitro benzene ring substituents is 1. The summed E-state index contributed by atoms with van der Waals surface area (Å²) in [6.45, 7) is 6.83. The monoisotopic (exact) mass is 374 g/mol. The third-order valence-electron chi connectivity index (χ3n) is 3.35. The minimum absolute atomic E-state index is 0.222. The number of nitrogens with zero attached hydrogens (tertiary/aromatic N) is 3. The summed E-state index contributed by atoms with van der Waals surface area (Å²) < 4.78 is 0. The van der Waals surface area contributed by atoms with Crippen LogP contribution in [0.3, 0.4) is 0 Å². The number of phenols is 1. The molecule has 0 aliphatic rings. The number of aliphatic hydroxyl groups excluding tert-OH is 1. The van der Waals surface area contributed by atoms with Crippen LogP contribution in [0.2, 0.25) is 0 Å². The van der Waals surface area contributed by atoms with Crippen LogP contribution in [0.25, 0.3) is 0 Å². The number of hydrogen-bond acceptors (Lipinski definition) is 9. The summed E-state index contributed by atoms with van der Waals surface area (Å²) in [4.78, 5) is 27.8. The highest BCUT2D eigenvalue weighted by Gasteiger charge is 2.30. The van der Waals surface area contributed by atoms with Crippen molar-refractivity contribution in [2.75, 3.05) is 6.54 Å². The third kappa shape index (κ3) is 7.36. The van der Waals surface area contributed by atoms with Crippen molar-refractivity contribution in [1.82, 2.24) is 5.32 Å². The van der Waals surface area contributed by atoms with Crippen LogP contribution in [-0.4, -0.2) is 43.7 Å². The van der Waals surface area contributed by atoms with E-state index in [1.807, 2.05) is 0 Å². The number of aromatic hydroxyl groups is 1. The van der Waals surface area contributed by atoms with Gasteiger partial charge >= 0.3 is 11.4 Å². The van der Waals surface area contributed by atoms with E-state index in [9.17, 15) is 30.3 Å². The molecule has 0 amide bonds. The first-order valence-electron chi connectivity index (χ1n) is 7.76. The molecule has 1 aromatic carbocycles. The Labute approximate surface area is 148 Å². The molecule has 0 aliphatic heterocycles. The summed E-state index contributed by atoms with van der Waals surface area (Å²) >= 11 is 0. The lowest BCUT2D eigenvalue weighted by molar-refractivity contribution is -0.404. The summed E-state index contributed by atoms with van der Waals surface area (Å²) in [6.07, 6.45) is 2.06. The molecule has 0 spiro atoms. The Morgan fingerprint density at radius 1 is 1.00 bits per heavy atom. The minimum atomic E-state index is -1.21. The van der Waals surface area contributed by atoms with Gasteiger partial charge in [-0.25, -0.2) is 0 Å². The zero-order valence-corrected chi connectivity index (χ0v) is 14.6. The molecule has 0 bridgehead atoms. The molecule has 12 heteroatoms. The van der Waals surface area contributed by atoms with E-state index in [1.165, 1.54) is 0 Å². The minimum Gasteiger partial charge on any atom is -0.497 e. The Morgan fingerprint density at radius 3 is 1.69 bits per heavy atom. The van der Waals surface area contributed by atoms with Crippen LogP contribution in [0, 0.1) is 30.3 Å². The summed E-state index contributed by atoms with van der Waals surface area (Å²) in [5, 5.41) is 52.4. The van der Waals surface area contributed by atoms with Crippen molar-refractivity contribution in [3.8, 4) is 5.75 Å². The predicted octanol–water partition coefficient (Wildman–Crippen LogP) is 2.26. The SMILES string of the molecule is CCC(CC)NCC(C)O.O=[N+]([O-])c1cc([N+](=O)[O-])c(O)c([N+](=O)[O-])c1. The summed E-state index contributed by atoms with van der Waals surface area (Å²) in [7, 11) is 0. The molecule has 26 heavy (non-hydrogen) atoms. The van der Waals surface area contributed by atoms with Gasteiger partial charge in [-0.3, -0.25) is 30.3 Å². The molecular formula is C14H22N4O8. The topological polar surface area (TPSA) is 182 Å². The molecule has 1 unspecified atom stereocenters. The van der Waals surface area contributed by atoms with E-state index in [0.29, 0.717) is 24.7 Å². The van der Waals surface area contributed by atoms with E-state index in [0.717, 1.165) is 12.8 Å². The lowest BCUT2D eigenvalue weighted by Crippen LogP contribution is -2.33. The van der Waals surface area contributed by atoms with Crippen LogP contribution >= 0.6 is 0 Å². The summed E-state index contributed by atoms with van der Waals surface area (Å²) in [5.74, 6) is -1.21. The van der Waals surface area contributed by atoms with Crippen molar-refractivity contribution in [1.29, 1.82) is 0 Å². The van der Waals surface area contributed by atoms with Crippen molar-refractivity contribution in [2.24, 2.45) is 0 Å². The molecular weight excluding hydrogens is 352 g/mol. The van der Waals surface area contributed by atoms with Crippen molar-refractivity contribution in [3.05, 3.63) is 42.5 Å². The number of benzene rings is 1. The molecule has 0 radical (unpaired) electrons. The van der Waals surface area contributed by atoms with Crippen molar-refractivity contribution in [3.63, 3.8) is 0 Å². The molecule has 0 aromatic heterocycles. The Morgan fingerprint density at radius 2 is 1.42 bits per heavy atom. The van der Waals surface area contributed by atoms with Gasteiger partial charge in [0, 0.05) is 12.6 Å². The second-order valence-corrected chi connectivity index (χ2v) is 5.37. The number of nitrogens with one attached hydrogen (secondary N) is 1. The molecule has 1 rings (SSSR count). The van der Waals surface area contributed by atoms with Gasteiger partial charge in [0.2, 0.25) is 0 Å². The van der Waals surface area contributed by atoms with Crippen LogP contribution in [0.5, 0.6) is 5.75 Å². The van der Waals surface area contributed by atoms with E-state index < -0.39 is 37.6 Å². The molecule has 146 valence electrons. The Kier molecular flexibility index (Phi) is 9.69. The molecule has 12 nitrogen and oxygen atoms in total. The van der Waals surface area contributed by atoms with Gasteiger partial charge in [-0.2, -0.15) is 0 Å². The normalized spacial score (nSPS) is 11.4. The number of rotatable bonds is 8. The number of phenolic OH excluding ortho intramolecular Hbond substituents is 1. The first kappa shape index (κ1) is 23.1. The van der Waals surface area contributed by atoms with E-state index in [1.54, 1.807) is 6.92 Å². The van der Waals surface area contributed by atoms with Crippen LogP contribution in [-0.2, 0) is 0 Å². The quantitative estimate of drug-likeness (QED) is 0.454. The molecule has 1 atom stereocenters. The number of hydrogen-bond donors (Lipinski definition) is 3. The van der Waals surface area contributed by atoms with Crippen LogP contribution in [0.1, 0.15) is 33.6 Å². The fourth-order valence-electron chi connectivity index (χ4n) is 1.89. The largest absolute Gasteiger partial charge is 0.497 e. The molecule has 1 aromatic rings. The number of nitro benzene ring substituents is 3. The highest BCUT2D eigenvalue weighted by Crippen LogP contribution is 2.38. The molecule has 0 fully saturated rings. The zero-order valence-electron chi connectivity index (χ0n) is 14.6. The molecule has 0 saturated heterocycles. The fraction of sp³-hybridized carbons (Fsp3) is 0.571. The third-order valence-corrected chi connectivity index (χ3v) is 3.35. The van der Waals surface area contributed by atoms with Gasteiger partial charge < -0.3 is 15.5 Å². The number of aliphatic hydroxyl groups is 1. The lowest BCUT2D eigenvalue weighted by Gasteiger charge is -2.15. The molecule has 0 saturated carbocycles. The fourth-order valence-corrected chi connectivity index (χ4v) is 1.89. The first-order valence-corrected chi connectivity index (χ1v) is 7.76. The van der Waals surface area contributed by atoms with Crippen LogP contribution in [0.4, 0.5) is 17.1 Å². The number of nitro groups is 3. The van der Waals surface area contributed by atoms with E-state index in [-0.39, 0.29) is 6.10 Å². The van der Waals surface area contributed by atoms with E-state index >= 15 is 0 Å². The predicted molar refractivity (Wildman–Crippen MR) is 92.1 cm³/mol. The van der Waals surface area contributed by atoms with E-state index in [2.05, 4.69) is 19.2 Å². The van der Waals surface area contributed by atoms with Gasteiger partial charge in [-0.15, -0.1) is 0 Å². The molecule has 0 heterocycles. The summed E-state index contributed by atoms with van der Waals surface area (Å²) in [6, 6.07) is 1.47. The second kappa shape index (κ2) is 10.9. The van der Waals surface area contributed by atoms with Gasteiger partial charge in [-0.1, -0.05) is 13.8 Å². The maximum absolute atomic E-state index is 10.4.